The highest BCUT2D eigenvalue weighted by Crippen LogP contribution is 2.31. The molecule has 32 heavy (non-hydrogen) atoms. The van der Waals surface area contributed by atoms with Gasteiger partial charge in [-0.25, -0.2) is 14.2 Å². The number of thiazole rings is 1. The minimum Gasteiger partial charge on any atom is -0.497 e. The van der Waals surface area contributed by atoms with E-state index in [1.54, 1.807) is 51.3 Å². The number of methoxy groups -OCH3 is 1. The van der Waals surface area contributed by atoms with Crippen LogP contribution in [0.15, 0.2) is 69.6 Å². The van der Waals surface area contributed by atoms with Gasteiger partial charge < -0.3 is 9.47 Å². The third-order valence-electron chi connectivity index (χ3n) is 5.10. The maximum absolute atomic E-state index is 13.6. The van der Waals surface area contributed by atoms with Crippen LogP contribution < -0.4 is 19.6 Å². The molecule has 0 radical (unpaired) electrons. The van der Waals surface area contributed by atoms with Crippen LogP contribution in [-0.2, 0) is 9.53 Å². The highest BCUT2D eigenvalue weighted by Gasteiger charge is 2.33. The summed E-state index contributed by atoms with van der Waals surface area (Å²) in [6.07, 6.45) is 1.63. The Balaban J connectivity index is 1.94. The first-order valence-electron chi connectivity index (χ1n) is 10.0. The van der Waals surface area contributed by atoms with Crippen LogP contribution in [0.25, 0.3) is 6.08 Å². The molecule has 3 aromatic rings. The van der Waals surface area contributed by atoms with Crippen molar-refractivity contribution in [3.05, 3.63) is 96.4 Å². The molecule has 1 aliphatic rings. The van der Waals surface area contributed by atoms with E-state index >= 15 is 0 Å². The summed E-state index contributed by atoms with van der Waals surface area (Å²) in [5.74, 6) is -0.247. The van der Waals surface area contributed by atoms with Crippen molar-refractivity contribution in [3.8, 4) is 5.75 Å². The fourth-order valence-electron chi connectivity index (χ4n) is 3.64. The van der Waals surface area contributed by atoms with Crippen molar-refractivity contribution >= 4 is 23.4 Å². The van der Waals surface area contributed by atoms with Crippen molar-refractivity contribution in [1.82, 2.24) is 4.57 Å². The van der Waals surface area contributed by atoms with E-state index in [-0.39, 0.29) is 18.0 Å². The van der Waals surface area contributed by atoms with Gasteiger partial charge in [0.15, 0.2) is 4.80 Å². The average molecular weight is 453 g/mol. The van der Waals surface area contributed by atoms with Gasteiger partial charge in [-0.3, -0.25) is 9.36 Å². The molecule has 1 atom stereocenters. The van der Waals surface area contributed by atoms with Crippen molar-refractivity contribution < 1.29 is 18.7 Å². The maximum Gasteiger partial charge on any atom is 0.338 e. The van der Waals surface area contributed by atoms with Gasteiger partial charge in [-0.05, 0) is 55.3 Å². The number of benzene rings is 2. The first-order valence-corrected chi connectivity index (χ1v) is 10.8. The summed E-state index contributed by atoms with van der Waals surface area (Å²) in [5, 5.41) is 0. The van der Waals surface area contributed by atoms with Crippen molar-refractivity contribution in [2.45, 2.75) is 19.9 Å². The lowest BCUT2D eigenvalue weighted by molar-refractivity contribution is -0.139. The molecule has 164 valence electrons. The second-order valence-corrected chi connectivity index (χ2v) is 8.14. The predicted octanol–water partition coefficient (Wildman–Crippen LogP) is 2.95. The number of aromatic nitrogens is 1. The molecule has 0 saturated carbocycles. The zero-order valence-electron chi connectivity index (χ0n) is 17.8. The Morgan fingerprint density at radius 3 is 2.66 bits per heavy atom. The zero-order chi connectivity index (χ0) is 22.8. The van der Waals surface area contributed by atoms with E-state index in [1.165, 1.54) is 28.0 Å². The van der Waals surface area contributed by atoms with E-state index < -0.39 is 12.0 Å². The van der Waals surface area contributed by atoms with Crippen LogP contribution >= 0.6 is 11.3 Å². The summed E-state index contributed by atoms with van der Waals surface area (Å²) in [5.41, 5.74) is 1.77. The summed E-state index contributed by atoms with van der Waals surface area (Å²) in [4.78, 5) is 31.3. The molecule has 0 bridgehead atoms. The molecule has 1 aromatic heterocycles. The second kappa shape index (κ2) is 8.92. The number of carbonyl (C=O) groups is 1. The van der Waals surface area contributed by atoms with Gasteiger partial charge >= 0.3 is 5.97 Å². The summed E-state index contributed by atoms with van der Waals surface area (Å²) >= 11 is 1.19. The predicted molar refractivity (Wildman–Crippen MR) is 120 cm³/mol. The smallest absolute Gasteiger partial charge is 0.338 e. The van der Waals surface area contributed by atoms with E-state index in [2.05, 4.69) is 4.99 Å². The van der Waals surface area contributed by atoms with Gasteiger partial charge in [-0.2, -0.15) is 0 Å². The van der Waals surface area contributed by atoms with Crippen LogP contribution in [-0.4, -0.2) is 24.3 Å². The Hall–Kier alpha value is -3.52. The molecule has 6 nitrogen and oxygen atoms in total. The monoisotopic (exact) mass is 452 g/mol. The lowest BCUT2D eigenvalue weighted by atomic mass is 9.96. The fourth-order valence-corrected chi connectivity index (χ4v) is 4.69. The lowest BCUT2D eigenvalue weighted by Gasteiger charge is -2.24. The molecule has 0 fully saturated rings. The molecule has 0 spiro atoms. The SMILES string of the molecule is CCOC(=O)C1=C(C)N=c2sc(=Cc3cccc(F)c3)c(=O)n2[C@@H]1c1ccc(OC)cc1. The van der Waals surface area contributed by atoms with Crippen LogP contribution in [0.2, 0.25) is 0 Å². The van der Waals surface area contributed by atoms with Gasteiger partial charge in [0.2, 0.25) is 0 Å². The van der Waals surface area contributed by atoms with E-state index in [0.717, 1.165) is 5.56 Å². The second-order valence-electron chi connectivity index (χ2n) is 7.13. The van der Waals surface area contributed by atoms with Gasteiger partial charge in [-0.15, -0.1) is 0 Å². The Kier molecular flexibility index (Phi) is 6.05. The quantitative estimate of drug-likeness (QED) is 0.558. The third-order valence-corrected chi connectivity index (χ3v) is 6.08. The molecule has 4 rings (SSSR count). The minimum atomic E-state index is -0.703. The molecule has 0 amide bonds. The van der Waals surface area contributed by atoms with Gasteiger partial charge in [0.05, 0.1) is 35.6 Å². The molecular weight excluding hydrogens is 431 g/mol. The number of carbonyl (C=O) groups excluding carboxylic acids is 1. The number of hydrogen-bond acceptors (Lipinski definition) is 6. The number of halogens is 1. The van der Waals surface area contributed by atoms with Gasteiger partial charge in [0.25, 0.3) is 5.56 Å². The Morgan fingerprint density at radius 2 is 2.00 bits per heavy atom. The fraction of sp³-hybridized carbons (Fsp3) is 0.208. The first-order chi connectivity index (χ1) is 15.4. The average Bonchev–Trinajstić information content (AvgIpc) is 3.07. The number of ether oxygens (including phenoxy) is 2. The molecule has 0 aliphatic carbocycles. The minimum absolute atomic E-state index is 0.203. The number of hydrogen-bond donors (Lipinski definition) is 0. The van der Waals surface area contributed by atoms with E-state index in [4.69, 9.17) is 9.47 Å². The molecule has 2 aromatic carbocycles. The van der Waals surface area contributed by atoms with Crippen LogP contribution in [0.5, 0.6) is 5.75 Å². The summed E-state index contributed by atoms with van der Waals surface area (Å²) in [6, 6.07) is 12.5. The normalized spacial score (nSPS) is 15.9. The zero-order valence-corrected chi connectivity index (χ0v) is 18.6. The van der Waals surface area contributed by atoms with Crippen molar-refractivity contribution in [3.63, 3.8) is 0 Å². The number of rotatable bonds is 5. The molecule has 8 heteroatoms. The topological polar surface area (TPSA) is 69.9 Å². The summed E-state index contributed by atoms with van der Waals surface area (Å²) in [7, 11) is 1.57. The molecule has 0 unspecified atom stereocenters. The van der Waals surface area contributed by atoms with E-state index in [1.807, 2.05) is 12.1 Å². The molecular formula is C24H21FN2O4S. The third kappa shape index (κ3) is 4.01. The van der Waals surface area contributed by atoms with Gasteiger partial charge in [0, 0.05) is 0 Å². The lowest BCUT2D eigenvalue weighted by Crippen LogP contribution is -2.39. The first kappa shape index (κ1) is 21.7. The van der Waals surface area contributed by atoms with Crippen molar-refractivity contribution in [1.29, 1.82) is 0 Å². The van der Waals surface area contributed by atoms with Crippen molar-refractivity contribution in [2.75, 3.05) is 13.7 Å². The van der Waals surface area contributed by atoms with Gasteiger partial charge in [0.1, 0.15) is 11.6 Å². The standard InChI is InChI=1S/C24H21FN2O4S/c1-4-31-23(29)20-14(2)26-24-27(21(20)16-8-10-18(30-3)11-9-16)22(28)19(32-24)13-15-6-5-7-17(25)12-15/h5-13,21H,4H2,1-3H3/t21-/m1/s1. The molecule has 0 saturated heterocycles. The number of allylic oxidation sites excluding steroid dienone is 1. The molecule has 0 N–H and O–H groups in total. The van der Waals surface area contributed by atoms with Gasteiger partial charge in [-0.1, -0.05) is 35.6 Å². The van der Waals surface area contributed by atoms with Crippen LogP contribution in [0.4, 0.5) is 4.39 Å². The molecule has 1 aliphatic heterocycles. The van der Waals surface area contributed by atoms with E-state index in [0.29, 0.717) is 31.9 Å². The maximum atomic E-state index is 13.6. The number of fused-ring (bicyclic) bond motifs is 1. The number of nitrogens with zero attached hydrogens (tertiary/aromatic N) is 2. The highest BCUT2D eigenvalue weighted by atomic mass is 32.1. The Morgan fingerprint density at radius 1 is 1.25 bits per heavy atom. The van der Waals surface area contributed by atoms with Crippen molar-refractivity contribution in [2.24, 2.45) is 4.99 Å². The number of esters is 1. The summed E-state index contributed by atoms with van der Waals surface area (Å²) < 4.78 is 26.0. The van der Waals surface area contributed by atoms with Crippen LogP contribution in [0.3, 0.4) is 0 Å². The highest BCUT2D eigenvalue weighted by molar-refractivity contribution is 7.07. The molecule has 2 heterocycles. The Bertz CT molecular complexity index is 1390. The largest absolute Gasteiger partial charge is 0.497 e. The van der Waals surface area contributed by atoms with Crippen LogP contribution in [0, 0.1) is 5.82 Å². The van der Waals surface area contributed by atoms with E-state index in [9.17, 15) is 14.0 Å². The Labute approximate surface area is 187 Å². The summed E-state index contributed by atoms with van der Waals surface area (Å²) in [6.45, 7) is 3.66. The van der Waals surface area contributed by atoms with Crippen LogP contribution in [0.1, 0.15) is 31.0 Å².